The molecule has 1 aliphatic heterocycles. The highest BCUT2D eigenvalue weighted by molar-refractivity contribution is 5.96. The SMILES string of the molecule is CCCC(C)NC(=O)c1ccc(N2CCCC(C)C2)c([N+](=O)[O-])c1. The van der Waals surface area contributed by atoms with Crippen LogP contribution in [-0.4, -0.2) is 30.0 Å². The first-order valence-electron chi connectivity index (χ1n) is 8.76. The minimum absolute atomic E-state index is 0.0138. The topological polar surface area (TPSA) is 75.5 Å². The largest absolute Gasteiger partial charge is 0.366 e. The van der Waals surface area contributed by atoms with Crippen LogP contribution in [0.15, 0.2) is 18.2 Å². The van der Waals surface area contributed by atoms with E-state index in [4.69, 9.17) is 0 Å². The number of nitrogens with one attached hydrogen (secondary N) is 1. The number of rotatable bonds is 6. The molecule has 0 saturated carbocycles. The molecule has 1 amide bonds. The van der Waals surface area contributed by atoms with E-state index in [-0.39, 0.29) is 22.6 Å². The molecule has 2 unspecified atom stereocenters. The molecular formula is C18H27N3O3. The van der Waals surface area contributed by atoms with Crippen LogP contribution in [0.1, 0.15) is 56.8 Å². The van der Waals surface area contributed by atoms with Crippen molar-refractivity contribution in [3.05, 3.63) is 33.9 Å². The maximum atomic E-state index is 12.3. The number of piperidine rings is 1. The van der Waals surface area contributed by atoms with Gasteiger partial charge in [0.2, 0.25) is 0 Å². The summed E-state index contributed by atoms with van der Waals surface area (Å²) in [6.45, 7) is 7.81. The average Bonchev–Trinajstić information content (AvgIpc) is 2.54. The van der Waals surface area contributed by atoms with Crippen molar-refractivity contribution in [1.29, 1.82) is 0 Å². The van der Waals surface area contributed by atoms with Gasteiger partial charge in [-0.05, 0) is 44.2 Å². The van der Waals surface area contributed by atoms with Crippen molar-refractivity contribution in [2.45, 2.75) is 52.5 Å². The van der Waals surface area contributed by atoms with Crippen molar-refractivity contribution < 1.29 is 9.72 Å². The number of anilines is 1. The van der Waals surface area contributed by atoms with Gasteiger partial charge in [-0.25, -0.2) is 0 Å². The van der Waals surface area contributed by atoms with Crippen LogP contribution in [0.2, 0.25) is 0 Å². The Balaban J connectivity index is 2.23. The fourth-order valence-corrected chi connectivity index (χ4v) is 3.30. The summed E-state index contributed by atoms with van der Waals surface area (Å²) >= 11 is 0. The Labute approximate surface area is 143 Å². The van der Waals surface area contributed by atoms with Gasteiger partial charge in [0.1, 0.15) is 5.69 Å². The molecule has 0 aromatic heterocycles. The van der Waals surface area contributed by atoms with Gasteiger partial charge in [-0.3, -0.25) is 14.9 Å². The van der Waals surface area contributed by atoms with E-state index in [9.17, 15) is 14.9 Å². The molecular weight excluding hydrogens is 306 g/mol. The van der Waals surface area contributed by atoms with Crippen molar-refractivity contribution in [3.8, 4) is 0 Å². The summed E-state index contributed by atoms with van der Waals surface area (Å²) in [5, 5.41) is 14.4. The zero-order valence-electron chi connectivity index (χ0n) is 14.7. The fourth-order valence-electron chi connectivity index (χ4n) is 3.30. The number of nitro benzene ring substituents is 1. The van der Waals surface area contributed by atoms with E-state index in [1.165, 1.54) is 6.07 Å². The molecule has 2 atom stereocenters. The summed E-state index contributed by atoms with van der Waals surface area (Å²) in [6, 6.07) is 4.87. The predicted octanol–water partition coefficient (Wildman–Crippen LogP) is 3.75. The van der Waals surface area contributed by atoms with Gasteiger partial charge in [0.25, 0.3) is 11.6 Å². The number of hydrogen-bond donors (Lipinski definition) is 1. The van der Waals surface area contributed by atoms with E-state index < -0.39 is 0 Å². The molecule has 1 aromatic rings. The molecule has 2 rings (SSSR count). The van der Waals surface area contributed by atoms with Crippen molar-refractivity contribution in [2.24, 2.45) is 5.92 Å². The van der Waals surface area contributed by atoms with Crippen LogP contribution < -0.4 is 10.2 Å². The van der Waals surface area contributed by atoms with Crippen LogP contribution in [0.3, 0.4) is 0 Å². The average molecular weight is 333 g/mol. The molecule has 1 aliphatic rings. The van der Waals surface area contributed by atoms with Gasteiger partial charge in [-0.15, -0.1) is 0 Å². The third-order valence-electron chi connectivity index (χ3n) is 4.53. The van der Waals surface area contributed by atoms with Crippen molar-refractivity contribution in [3.63, 3.8) is 0 Å². The molecule has 24 heavy (non-hydrogen) atoms. The third kappa shape index (κ3) is 4.46. The number of nitrogens with zero attached hydrogens (tertiary/aromatic N) is 2. The molecule has 6 nitrogen and oxygen atoms in total. The number of nitro groups is 1. The van der Waals surface area contributed by atoms with E-state index >= 15 is 0 Å². The molecule has 1 aromatic carbocycles. The maximum Gasteiger partial charge on any atom is 0.293 e. The van der Waals surface area contributed by atoms with Gasteiger partial charge in [0, 0.05) is 30.8 Å². The molecule has 0 bridgehead atoms. The number of benzene rings is 1. The van der Waals surface area contributed by atoms with Gasteiger partial charge < -0.3 is 10.2 Å². The minimum atomic E-state index is -0.388. The zero-order chi connectivity index (χ0) is 17.7. The summed E-state index contributed by atoms with van der Waals surface area (Å²) in [5.74, 6) is 0.272. The first-order chi connectivity index (χ1) is 11.4. The Morgan fingerprint density at radius 2 is 2.25 bits per heavy atom. The standard InChI is InChI=1S/C18H27N3O3/c1-4-6-14(3)19-18(22)15-8-9-16(17(11-15)21(23)24)20-10-5-7-13(2)12-20/h8-9,11,13-14H,4-7,10,12H2,1-3H3,(H,19,22). The van der Waals surface area contributed by atoms with Gasteiger partial charge >= 0.3 is 0 Å². The Morgan fingerprint density at radius 1 is 1.50 bits per heavy atom. The van der Waals surface area contributed by atoms with Crippen LogP contribution in [0, 0.1) is 16.0 Å². The number of carbonyl (C=O) groups excluding carboxylic acids is 1. The van der Waals surface area contributed by atoms with Crippen molar-refractivity contribution >= 4 is 17.3 Å². The van der Waals surface area contributed by atoms with Crippen LogP contribution in [-0.2, 0) is 0 Å². The van der Waals surface area contributed by atoms with Crippen LogP contribution in [0.4, 0.5) is 11.4 Å². The van der Waals surface area contributed by atoms with E-state index in [0.29, 0.717) is 17.2 Å². The van der Waals surface area contributed by atoms with Crippen molar-refractivity contribution in [1.82, 2.24) is 5.32 Å². The second kappa shape index (κ2) is 8.13. The normalized spacial score (nSPS) is 19.0. The highest BCUT2D eigenvalue weighted by Gasteiger charge is 2.25. The zero-order valence-corrected chi connectivity index (χ0v) is 14.7. The molecule has 0 spiro atoms. The molecule has 1 N–H and O–H groups in total. The maximum absolute atomic E-state index is 12.3. The molecule has 1 heterocycles. The van der Waals surface area contributed by atoms with Gasteiger partial charge in [-0.1, -0.05) is 20.3 Å². The lowest BCUT2D eigenvalue weighted by Crippen LogP contribution is -2.35. The molecule has 0 aliphatic carbocycles. The number of carbonyl (C=O) groups is 1. The highest BCUT2D eigenvalue weighted by atomic mass is 16.6. The first-order valence-corrected chi connectivity index (χ1v) is 8.76. The van der Waals surface area contributed by atoms with E-state index in [1.54, 1.807) is 12.1 Å². The van der Waals surface area contributed by atoms with E-state index in [0.717, 1.165) is 38.8 Å². The summed E-state index contributed by atoms with van der Waals surface area (Å²) in [4.78, 5) is 25.5. The lowest BCUT2D eigenvalue weighted by molar-refractivity contribution is -0.384. The van der Waals surface area contributed by atoms with Gasteiger partial charge in [-0.2, -0.15) is 0 Å². The molecule has 1 saturated heterocycles. The van der Waals surface area contributed by atoms with Crippen LogP contribution in [0.25, 0.3) is 0 Å². The van der Waals surface area contributed by atoms with E-state index in [2.05, 4.69) is 24.1 Å². The number of amides is 1. The predicted molar refractivity (Wildman–Crippen MR) is 95.5 cm³/mol. The highest BCUT2D eigenvalue weighted by Crippen LogP contribution is 2.32. The monoisotopic (exact) mass is 333 g/mol. The Hall–Kier alpha value is -2.11. The quantitative estimate of drug-likeness (QED) is 0.635. The molecule has 132 valence electrons. The molecule has 0 radical (unpaired) electrons. The second-order valence-electron chi connectivity index (χ2n) is 6.82. The Morgan fingerprint density at radius 3 is 2.88 bits per heavy atom. The summed E-state index contributed by atoms with van der Waals surface area (Å²) in [7, 11) is 0. The Kier molecular flexibility index (Phi) is 6.17. The smallest absolute Gasteiger partial charge is 0.293 e. The Bertz CT molecular complexity index is 603. The van der Waals surface area contributed by atoms with Crippen LogP contribution in [0.5, 0.6) is 0 Å². The lowest BCUT2D eigenvalue weighted by atomic mass is 9.99. The fraction of sp³-hybridized carbons (Fsp3) is 0.611. The third-order valence-corrected chi connectivity index (χ3v) is 4.53. The van der Waals surface area contributed by atoms with Gasteiger partial charge in [0.05, 0.1) is 4.92 Å². The molecule has 6 heteroatoms. The lowest BCUT2D eigenvalue weighted by Gasteiger charge is -2.32. The van der Waals surface area contributed by atoms with E-state index in [1.807, 2.05) is 6.92 Å². The number of hydrogen-bond acceptors (Lipinski definition) is 4. The summed E-state index contributed by atoms with van der Waals surface area (Å²) < 4.78 is 0. The minimum Gasteiger partial charge on any atom is -0.366 e. The van der Waals surface area contributed by atoms with Crippen LogP contribution >= 0.6 is 0 Å². The second-order valence-corrected chi connectivity index (χ2v) is 6.82. The first kappa shape index (κ1) is 18.2. The summed E-state index contributed by atoms with van der Waals surface area (Å²) in [5.41, 5.74) is 0.975. The molecule has 1 fully saturated rings. The van der Waals surface area contributed by atoms with Crippen molar-refractivity contribution in [2.75, 3.05) is 18.0 Å². The van der Waals surface area contributed by atoms with Gasteiger partial charge in [0.15, 0.2) is 0 Å². The summed E-state index contributed by atoms with van der Waals surface area (Å²) in [6.07, 6.45) is 4.06.